The molecule has 0 spiro atoms. The molecule has 1 aromatic rings. The van der Waals surface area contributed by atoms with Crippen LogP contribution in [0, 0.1) is 12.8 Å². The summed E-state index contributed by atoms with van der Waals surface area (Å²) in [4.78, 5) is 14.4. The van der Waals surface area contributed by atoms with Crippen molar-refractivity contribution in [1.29, 1.82) is 0 Å². The zero-order valence-corrected chi connectivity index (χ0v) is 11.1. The molecule has 1 amide bonds. The summed E-state index contributed by atoms with van der Waals surface area (Å²) in [5.41, 5.74) is 0. The molecule has 2 N–H and O–H groups in total. The lowest BCUT2D eigenvalue weighted by atomic mass is 10.2. The molecule has 2 rings (SSSR count). The monoisotopic (exact) mass is 253 g/mol. The van der Waals surface area contributed by atoms with Gasteiger partial charge in [-0.1, -0.05) is 0 Å². The fraction of sp³-hybridized carbons (Fsp3) is 0.615. The van der Waals surface area contributed by atoms with E-state index in [4.69, 9.17) is 5.11 Å². The lowest BCUT2D eigenvalue weighted by molar-refractivity contribution is -0.122. The molecule has 1 fully saturated rings. The first kappa shape index (κ1) is 12.6. The van der Waals surface area contributed by atoms with Crippen molar-refractivity contribution in [3.63, 3.8) is 0 Å². The molecule has 0 radical (unpaired) electrons. The number of hydrogen-bond acceptors (Lipinski definition) is 3. The van der Waals surface area contributed by atoms with E-state index in [-0.39, 0.29) is 17.9 Å². The van der Waals surface area contributed by atoms with Crippen LogP contribution in [0.15, 0.2) is 12.1 Å². The molecule has 1 aliphatic rings. The van der Waals surface area contributed by atoms with Gasteiger partial charge in [0.1, 0.15) is 0 Å². The number of aryl methyl sites for hydroxylation is 1. The van der Waals surface area contributed by atoms with Gasteiger partial charge in [0.2, 0.25) is 5.91 Å². The third-order valence-electron chi connectivity index (χ3n) is 3.12. The van der Waals surface area contributed by atoms with Crippen LogP contribution in [0.1, 0.15) is 35.4 Å². The maximum Gasteiger partial charge on any atom is 0.223 e. The third kappa shape index (κ3) is 3.30. The summed E-state index contributed by atoms with van der Waals surface area (Å²) in [5, 5.41) is 12.0. The molecule has 0 aromatic carbocycles. The van der Waals surface area contributed by atoms with Crippen molar-refractivity contribution in [1.82, 2.24) is 5.32 Å². The highest BCUT2D eigenvalue weighted by molar-refractivity contribution is 7.12. The van der Waals surface area contributed by atoms with Crippen LogP contribution in [0.4, 0.5) is 0 Å². The predicted octanol–water partition coefficient (Wildman–Crippen LogP) is 2.05. The summed E-state index contributed by atoms with van der Waals surface area (Å²) in [6.07, 6.45) is 1.26. The molecule has 0 aliphatic heterocycles. The van der Waals surface area contributed by atoms with Crippen molar-refractivity contribution < 1.29 is 9.90 Å². The zero-order chi connectivity index (χ0) is 12.4. The van der Waals surface area contributed by atoms with Crippen LogP contribution in [0.2, 0.25) is 0 Å². The van der Waals surface area contributed by atoms with E-state index in [1.807, 2.05) is 0 Å². The number of carbonyl (C=O) groups is 1. The highest BCUT2D eigenvalue weighted by Gasteiger charge is 2.44. The Morgan fingerprint density at radius 3 is 3.00 bits per heavy atom. The first-order chi connectivity index (χ1) is 8.08. The number of amides is 1. The van der Waals surface area contributed by atoms with Crippen LogP contribution in [0.25, 0.3) is 0 Å². The smallest absolute Gasteiger partial charge is 0.223 e. The number of thiophene rings is 1. The summed E-state index contributed by atoms with van der Waals surface area (Å²) >= 11 is 1.79. The summed E-state index contributed by atoms with van der Waals surface area (Å²) in [6.45, 7) is 4.40. The Morgan fingerprint density at radius 2 is 2.41 bits per heavy atom. The molecular weight excluding hydrogens is 234 g/mol. The highest BCUT2D eigenvalue weighted by Crippen LogP contribution is 2.49. The largest absolute Gasteiger partial charge is 0.393 e. The number of aliphatic hydroxyl groups excluding tert-OH is 1. The van der Waals surface area contributed by atoms with Gasteiger partial charge in [-0.15, -0.1) is 11.3 Å². The third-order valence-corrected chi connectivity index (χ3v) is 4.25. The van der Waals surface area contributed by atoms with E-state index >= 15 is 0 Å². The maximum atomic E-state index is 11.8. The Hall–Kier alpha value is -0.870. The topological polar surface area (TPSA) is 49.3 Å². The maximum absolute atomic E-state index is 11.8. The second-order valence-electron chi connectivity index (χ2n) is 4.83. The van der Waals surface area contributed by atoms with Crippen LogP contribution in [-0.2, 0) is 4.79 Å². The standard InChI is InChI=1S/C13H19NO2S/c1-8(15)5-6-14-13(16)11-7-10(11)12-4-3-9(2)17-12/h3-4,8,10-11,15H,5-7H2,1-2H3,(H,14,16). The van der Waals surface area contributed by atoms with Gasteiger partial charge in [0.05, 0.1) is 6.10 Å². The molecule has 1 saturated carbocycles. The highest BCUT2D eigenvalue weighted by atomic mass is 32.1. The lowest BCUT2D eigenvalue weighted by Gasteiger charge is -2.06. The normalized spacial score (nSPS) is 24.4. The minimum absolute atomic E-state index is 0.140. The van der Waals surface area contributed by atoms with Gasteiger partial charge in [0, 0.05) is 28.1 Å². The Morgan fingerprint density at radius 1 is 1.65 bits per heavy atom. The van der Waals surface area contributed by atoms with Gasteiger partial charge < -0.3 is 10.4 Å². The average Bonchev–Trinajstić information content (AvgIpc) is 2.94. The molecule has 0 saturated heterocycles. The van der Waals surface area contributed by atoms with Gasteiger partial charge in [0.25, 0.3) is 0 Å². The fourth-order valence-electron chi connectivity index (χ4n) is 1.99. The van der Waals surface area contributed by atoms with E-state index < -0.39 is 0 Å². The number of aliphatic hydroxyl groups is 1. The average molecular weight is 253 g/mol. The van der Waals surface area contributed by atoms with E-state index in [0.717, 1.165) is 6.42 Å². The molecule has 3 atom stereocenters. The Kier molecular flexibility index (Phi) is 3.84. The number of nitrogens with one attached hydrogen (secondary N) is 1. The summed E-state index contributed by atoms with van der Waals surface area (Å²) in [5.74, 6) is 0.726. The first-order valence-electron chi connectivity index (χ1n) is 6.10. The van der Waals surface area contributed by atoms with Crippen molar-refractivity contribution in [2.75, 3.05) is 6.54 Å². The minimum atomic E-state index is -0.342. The second-order valence-corrected chi connectivity index (χ2v) is 6.15. The molecule has 0 bridgehead atoms. The van der Waals surface area contributed by atoms with Crippen LogP contribution in [0.5, 0.6) is 0 Å². The molecule has 1 aliphatic carbocycles. The van der Waals surface area contributed by atoms with Crippen LogP contribution < -0.4 is 5.32 Å². The van der Waals surface area contributed by atoms with Crippen LogP contribution in [0.3, 0.4) is 0 Å². The second kappa shape index (κ2) is 5.19. The van der Waals surface area contributed by atoms with E-state index in [1.54, 1.807) is 18.3 Å². The van der Waals surface area contributed by atoms with Gasteiger partial charge in [-0.05, 0) is 38.8 Å². The Balaban J connectivity index is 1.76. The van der Waals surface area contributed by atoms with Crippen molar-refractivity contribution in [3.05, 3.63) is 21.9 Å². The summed E-state index contributed by atoms with van der Waals surface area (Å²) in [7, 11) is 0. The van der Waals surface area contributed by atoms with Gasteiger partial charge >= 0.3 is 0 Å². The van der Waals surface area contributed by atoms with E-state index in [0.29, 0.717) is 18.9 Å². The number of rotatable bonds is 5. The molecule has 3 unspecified atom stereocenters. The van der Waals surface area contributed by atoms with E-state index in [2.05, 4.69) is 24.4 Å². The minimum Gasteiger partial charge on any atom is -0.393 e. The molecule has 94 valence electrons. The van der Waals surface area contributed by atoms with Crippen molar-refractivity contribution >= 4 is 17.2 Å². The van der Waals surface area contributed by atoms with Crippen LogP contribution in [-0.4, -0.2) is 23.7 Å². The zero-order valence-electron chi connectivity index (χ0n) is 10.3. The molecular formula is C13H19NO2S. The van der Waals surface area contributed by atoms with Gasteiger partial charge in [-0.3, -0.25) is 4.79 Å². The quantitative estimate of drug-likeness (QED) is 0.843. The molecule has 1 heterocycles. The molecule has 4 heteroatoms. The van der Waals surface area contributed by atoms with E-state index in [9.17, 15) is 4.79 Å². The van der Waals surface area contributed by atoms with E-state index in [1.165, 1.54) is 9.75 Å². The van der Waals surface area contributed by atoms with Crippen molar-refractivity contribution in [2.45, 2.75) is 38.7 Å². The van der Waals surface area contributed by atoms with Gasteiger partial charge in [0.15, 0.2) is 0 Å². The summed E-state index contributed by atoms with van der Waals surface area (Å²) in [6, 6.07) is 4.24. The van der Waals surface area contributed by atoms with Crippen molar-refractivity contribution in [2.24, 2.45) is 5.92 Å². The fourth-order valence-corrected chi connectivity index (χ4v) is 3.04. The number of hydrogen-bond donors (Lipinski definition) is 2. The van der Waals surface area contributed by atoms with Gasteiger partial charge in [-0.25, -0.2) is 0 Å². The molecule has 3 nitrogen and oxygen atoms in total. The van der Waals surface area contributed by atoms with Crippen LogP contribution >= 0.6 is 11.3 Å². The Labute approximate surface area is 106 Å². The SMILES string of the molecule is Cc1ccc(C2CC2C(=O)NCCC(C)O)s1. The number of carbonyl (C=O) groups excluding carboxylic acids is 1. The lowest BCUT2D eigenvalue weighted by Crippen LogP contribution is -2.28. The van der Waals surface area contributed by atoms with Crippen molar-refractivity contribution in [3.8, 4) is 0 Å². The predicted molar refractivity (Wildman–Crippen MR) is 69.2 cm³/mol. The first-order valence-corrected chi connectivity index (χ1v) is 6.91. The Bertz CT molecular complexity index is 400. The molecule has 1 aromatic heterocycles. The molecule has 17 heavy (non-hydrogen) atoms. The summed E-state index contributed by atoms with van der Waals surface area (Å²) < 4.78 is 0. The van der Waals surface area contributed by atoms with Gasteiger partial charge in [-0.2, -0.15) is 0 Å².